The minimum atomic E-state index is -0.290. The molecule has 0 heterocycles. The Morgan fingerprint density at radius 2 is 1.60 bits per heavy atom. The highest BCUT2D eigenvalue weighted by atomic mass is 35.5. The van der Waals surface area contributed by atoms with Crippen LogP contribution in [0.25, 0.3) is 0 Å². The Labute approximate surface area is 189 Å². The highest BCUT2D eigenvalue weighted by molar-refractivity contribution is 6.42. The topological polar surface area (TPSA) is 59.6 Å². The third-order valence-corrected chi connectivity index (χ3v) is 5.18. The highest BCUT2D eigenvalue weighted by Gasteiger charge is 2.08. The number of halogens is 3. The number of methoxy groups -OCH3 is 1. The first kappa shape index (κ1) is 22.1. The largest absolute Gasteiger partial charge is 0.497 e. The van der Waals surface area contributed by atoms with Crippen molar-refractivity contribution in [1.82, 2.24) is 0 Å². The Kier molecular flexibility index (Phi) is 7.69. The van der Waals surface area contributed by atoms with Crippen molar-refractivity contribution in [2.75, 3.05) is 24.4 Å². The quantitative estimate of drug-likeness (QED) is 0.411. The Hall–Kier alpha value is -2.60. The van der Waals surface area contributed by atoms with Crippen LogP contribution in [0.3, 0.4) is 0 Å². The molecule has 1 amide bonds. The number of ether oxygens (including phenoxy) is 2. The molecule has 8 heteroatoms. The number of hydrogen-bond acceptors (Lipinski definition) is 4. The number of benzene rings is 3. The molecule has 0 aromatic heterocycles. The van der Waals surface area contributed by atoms with Crippen LogP contribution in [0.1, 0.15) is 5.56 Å². The Morgan fingerprint density at radius 3 is 2.27 bits per heavy atom. The lowest BCUT2D eigenvalue weighted by Crippen LogP contribution is -2.20. The molecule has 156 valence electrons. The van der Waals surface area contributed by atoms with Crippen molar-refractivity contribution < 1.29 is 14.3 Å². The second-order valence-corrected chi connectivity index (χ2v) is 7.53. The summed E-state index contributed by atoms with van der Waals surface area (Å²) in [4.78, 5) is 12.1. The normalized spacial score (nSPS) is 10.4. The van der Waals surface area contributed by atoms with Gasteiger partial charge in [-0.15, -0.1) is 0 Å². The van der Waals surface area contributed by atoms with E-state index in [1.165, 1.54) is 0 Å². The van der Waals surface area contributed by atoms with Crippen LogP contribution in [-0.4, -0.2) is 19.6 Å². The van der Waals surface area contributed by atoms with E-state index < -0.39 is 0 Å². The summed E-state index contributed by atoms with van der Waals surface area (Å²) >= 11 is 18.2. The summed E-state index contributed by atoms with van der Waals surface area (Å²) in [5.74, 6) is 0.853. The van der Waals surface area contributed by atoms with Crippen LogP contribution < -0.4 is 20.1 Å². The first-order valence-electron chi connectivity index (χ1n) is 8.98. The van der Waals surface area contributed by atoms with Crippen LogP contribution in [0.4, 0.5) is 11.4 Å². The van der Waals surface area contributed by atoms with Gasteiger partial charge in [0.15, 0.2) is 6.61 Å². The van der Waals surface area contributed by atoms with Gasteiger partial charge in [-0.25, -0.2) is 0 Å². The van der Waals surface area contributed by atoms with Gasteiger partial charge < -0.3 is 20.1 Å². The van der Waals surface area contributed by atoms with Crippen molar-refractivity contribution in [2.45, 2.75) is 6.54 Å². The molecule has 0 aliphatic carbocycles. The van der Waals surface area contributed by atoms with Gasteiger partial charge in [0.05, 0.1) is 22.2 Å². The van der Waals surface area contributed by atoms with Crippen LogP contribution in [0.2, 0.25) is 15.1 Å². The molecule has 0 saturated heterocycles. The summed E-state index contributed by atoms with van der Waals surface area (Å²) in [6, 6.07) is 17.7. The van der Waals surface area contributed by atoms with E-state index >= 15 is 0 Å². The average molecular weight is 466 g/mol. The Bertz CT molecular complexity index is 1030. The zero-order valence-corrected chi connectivity index (χ0v) is 18.3. The van der Waals surface area contributed by atoms with E-state index in [2.05, 4.69) is 10.6 Å². The number of carbonyl (C=O) groups excluding carboxylic acids is 1. The van der Waals surface area contributed by atoms with Gasteiger partial charge >= 0.3 is 0 Å². The van der Waals surface area contributed by atoms with Crippen molar-refractivity contribution in [3.05, 3.63) is 81.3 Å². The number of amides is 1. The summed E-state index contributed by atoms with van der Waals surface area (Å²) in [5.41, 5.74) is 2.44. The molecule has 0 radical (unpaired) electrons. The van der Waals surface area contributed by atoms with Crippen molar-refractivity contribution in [3.63, 3.8) is 0 Å². The second kappa shape index (κ2) is 10.4. The van der Waals surface area contributed by atoms with Gasteiger partial charge in [0.1, 0.15) is 11.5 Å². The smallest absolute Gasteiger partial charge is 0.262 e. The van der Waals surface area contributed by atoms with Crippen LogP contribution in [0.15, 0.2) is 60.7 Å². The van der Waals surface area contributed by atoms with Gasteiger partial charge in [-0.2, -0.15) is 0 Å². The van der Waals surface area contributed by atoms with Crippen molar-refractivity contribution in [3.8, 4) is 11.5 Å². The van der Waals surface area contributed by atoms with Crippen molar-refractivity contribution in [1.29, 1.82) is 0 Å². The summed E-state index contributed by atoms with van der Waals surface area (Å²) in [6.07, 6.45) is 0. The van der Waals surface area contributed by atoms with Gasteiger partial charge in [-0.1, -0.05) is 40.9 Å². The zero-order chi connectivity index (χ0) is 21.5. The molecule has 0 spiro atoms. The van der Waals surface area contributed by atoms with E-state index in [1.54, 1.807) is 55.6 Å². The molecule has 0 bridgehead atoms. The Balaban J connectivity index is 1.51. The van der Waals surface area contributed by atoms with Crippen LogP contribution >= 0.6 is 34.8 Å². The SMILES string of the molecule is COc1ccc(NC(=O)COc2ccc(CNc3ccc(Cl)c(Cl)c3)cc2Cl)cc1. The van der Waals surface area contributed by atoms with Gasteiger partial charge in [0.2, 0.25) is 0 Å². The summed E-state index contributed by atoms with van der Waals surface area (Å²) < 4.78 is 10.6. The second-order valence-electron chi connectivity index (χ2n) is 6.31. The fourth-order valence-electron chi connectivity index (χ4n) is 2.60. The fraction of sp³-hybridized carbons (Fsp3) is 0.136. The maximum absolute atomic E-state index is 12.1. The molecule has 5 nitrogen and oxygen atoms in total. The predicted octanol–water partition coefficient (Wildman–Crippen LogP) is 6.29. The summed E-state index contributed by atoms with van der Waals surface area (Å²) in [5, 5.41) is 7.40. The summed E-state index contributed by atoms with van der Waals surface area (Å²) in [7, 11) is 1.58. The molecule has 0 fully saturated rings. The standard InChI is InChI=1S/C22H19Cl3N2O3/c1-29-17-6-3-15(4-7-17)27-22(28)13-30-21-9-2-14(10-20(21)25)12-26-16-5-8-18(23)19(24)11-16/h2-11,26H,12-13H2,1H3,(H,27,28). The molecule has 0 saturated carbocycles. The molecule has 0 atom stereocenters. The maximum Gasteiger partial charge on any atom is 0.262 e. The predicted molar refractivity (Wildman–Crippen MR) is 122 cm³/mol. The minimum absolute atomic E-state index is 0.160. The number of rotatable bonds is 8. The third-order valence-electron chi connectivity index (χ3n) is 4.15. The number of carbonyl (C=O) groups is 1. The third kappa shape index (κ3) is 6.20. The maximum atomic E-state index is 12.1. The number of nitrogens with one attached hydrogen (secondary N) is 2. The van der Waals surface area contributed by atoms with E-state index in [1.807, 2.05) is 12.1 Å². The highest BCUT2D eigenvalue weighted by Crippen LogP contribution is 2.28. The summed E-state index contributed by atoms with van der Waals surface area (Å²) in [6.45, 7) is 0.378. The lowest BCUT2D eigenvalue weighted by atomic mass is 10.2. The molecule has 0 aliphatic heterocycles. The fourth-order valence-corrected chi connectivity index (χ4v) is 3.15. The van der Waals surface area contributed by atoms with Crippen LogP contribution in [0.5, 0.6) is 11.5 Å². The molecule has 3 rings (SSSR count). The van der Waals surface area contributed by atoms with Gasteiger partial charge in [-0.05, 0) is 60.2 Å². The van der Waals surface area contributed by atoms with Crippen LogP contribution in [0, 0.1) is 0 Å². The zero-order valence-electron chi connectivity index (χ0n) is 16.0. The first-order valence-corrected chi connectivity index (χ1v) is 10.1. The lowest BCUT2D eigenvalue weighted by molar-refractivity contribution is -0.118. The average Bonchev–Trinajstić information content (AvgIpc) is 2.74. The number of anilines is 2. The first-order chi connectivity index (χ1) is 14.4. The molecule has 0 aliphatic rings. The van der Waals surface area contributed by atoms with E-state index in [4.69, 9.17) is 44.3 Å². The molecule has 3 aromatic rings. The van der Waals surface area contributed by atoms with Gasteiger partial charge in [-0.3, -0.25) is 4.79 Å². The Morgan fingerprint density at radius 1 is 0.867 bits per heavy atom. The minimum Gasteiger partial charge on any atom is -0.497 e. The van der Waals surface area contributed by atoms with E-state index in [-0.39, 0.29) is 12.5 Å². The molecule has 3 aromatic carbocycles. The molecule has 0 unspecified atom stereocenters. The van der Waals surface area contributed by atoms with Crippen molar-refractivity contribution >= 4 is 52.1 Å². The van der Waals surface area contributed by atoms with Gasteiger partial charge in [0, 0.05) is 17.9 Å². The molecular weight excluding hydrogens is 447 g/mol. The number of hydrogen-bond donors (Lipinski definition) is 2. The molecule has 2 N–H and O–H groups in total. The van der Waals surface area contributed by atoms with E-state index in [9.17, 15) is 4.79 Å². The van der Waals surface area contributed by atoms with Crippen molar-refractivity contribution in [2.24, 2.45) is 0 Å². The van der Waals surface area contributed by atoms with Crippen LogP contribution in [-0.2, 0) is 11.3 Å². The van der Waals surface area contributed by atoms with E-state index in [0.717, 1.165) is 11.3 Å². The molecular formula is C22H19Cl3N2O3. The van der Waals surface area contributed by atoms with E-state index in [0.29, 0.717) is 38.8 Å². The molecule has 30 heavy (non-hydrogen) atoms. The van der Waals surface area contributed by atoms with Gasteiger partial charge in [0.25, 0.3) is 5.91 Å². The monoisotopic (exact) mass is 464 g/mol. The lowest BCUT2D eigenvalue weighted by Gasteiger charge is -2.11.